The summed E-state index contributed by atoms with van der Waals surface area (Å²) in [5.74, 6) is 0. The van der Waals surface area contributed by atoms with Crippen molar-refractivity contribution in [3.05, 3.63) is 30.6 Å². The molecule has 1 aromatic rings. The molecule has 1 heterocycles. The molecule has 0 saturated carbocycles. The molecule has 44 valence electrons. The maximum absolute atomic E-state index is 4.42. The maximum Gasteiger partial charge on any atom is 0.0267 e. The first kappa shape index (κ1) is 7.54. The summed E-state index contributed by atoms with van der Waals surface area (Å²) in [7, 11) is 1.92. The van der Waals surface area contributed by atoms with Crippen molar-refractivity contribution in [1.82, 2.24) is 4.98 Å². The Labute approximate surface area is 51.4 Å². The van der Waals surface area contributed by atoms with Crippen molar-refractivity contribution in [2.45, 2.75) is 0 Å². The first-order chi connectivity index (χ1) is 4.00. The molecule has 0 amide bonds. The van der Waals surface area contributed by atoms with Crippen LogP contribution in [0.4, 0.5) is 0 Å². The Hall–Kier alpha value is -0.460. The monoisotopic (exact) mass is 128 g/mol. The summed E-state index contributed by atoms with van der Waals surface area (Å²) in [6, 6.07) is 5.72. The fraction of sp³-hybridized carbons (Fsp3) is 0. The summed E-state index contributed by atoms with van der Waals surface area (Å²) in [5, 5.41) is 0. The number of hydrogen-bond donors (Lipinski definition) is 1. The molecule has 0 saturated heterocycles. The van der Waals surface area contributed by atoms with Gasteiger partial charge in [-0.05, 0) is 12.1 Å². The molecule has 0 aliphatic carbocycles. The van der Waals surface area contributed by atoms with Crippen LogP contribution in [0, 0.1) is 0 Å². The van der Waals surface area contributed by atoms with Crippen LogP contribution in [0.3, 0.4) is 0 Å². The van der Waals surface area contributed by atoms with E-state index in [-0.39, 0.29) is 0 Å². The Balaban J connectivity index is 0.000000222. The maximum atomic E-state index is 4.42. The molecule has 8 heavy (non-hydrogen) atoms. The van der Waals surface area contributed by atoms with Gasteiger partial charge in [-0.15, -0.1) is 0 Å². The largest absolute Gasteiger partial charge is 0.314 e. The molecule has 3 heteroatoms. The van der Waals surface area contributed by atoms with E-state index < -0.39 is 0 Å². The second-order valence-corrected chi connectivity index (χ2v) is 1.02. The smallest absolute Gasteiger partial charge is 0.0267 e. The molecular formula is C5H9N2P. The zero-order valence-electron chi connectivity index (χ0n) is 4.49. The summed E-state index contributed by atoms with van der Waals surface area (Å²) in [5.41, 5.74) is 4.42. The van der Waals surface area contributed by atoms with Crippen molar-refractivity contribution >= 4 is 9.39 Å². The summed E-state index contributed by atoms with van der Waals surface area (Å²) in [6.45, 7) is 0. The standard InChI is InChI=1S/C5H5N.H4NP/c1-2-4-6-5-3-1;1-2/h1-5H;1-2H2. The SMILES string of the molecule is NP.c1ccncc1. The molecule has 1 atom stereocenters. The van der Waals surface area contributed by atoms with Gasteiger partial charge in [-0.3, -0.25) is 4.98 Å². The molecule has 1 rings (SSSR count). The second kappa shape index (κ2) is 6.54. The molecule has 0 fully saturated rings. The Kier molecular flexibility index (Phi) is 6.16. The van der Waals surface area contributed by atoms with Crippen LogP contribution in [-0.2, 0) is 0 Å². The van der Waals surface area contributed by atoms with Crippen LogP contribution in [-0.4, -0.2) is 4.98 Å². The van der Waals surface area contributed by atoms with E-state index in [1.165, 1.54) is 0 Å². The number of rotatable bonds is 0. The molecule has 0 aromatic carbocycles. The van der Waals surface area contributed by atoms with Crippen molar-refractivity contribution in [3.63, 3.8) is 0 Å². The van der Waals surface area contributed by atoms with E-state index in [2.05, 4.69) is 10.5 Å². The Morgan fingerprint density at radius 3 is 1.62 bits per heavy atom. The van der Waals surface area contributed by atoms with Crippen molar-refractivity contribution in [1.29, 1.82) is 0 Å². The van der Waals surface area contributed by atoms with Gasteiger partial charge in [-0.1, -0.05) is 15.5 Å². The average Bonchev–Trinajstić information content (AvgIpc) is 1.96. The van der Waals surface area contributed by atoms with Crippen molar-refractivity contribution in [2.24, 2.45) is 5.50 Å². The zero-order valence-corrected chi connectivity index (χ0v) is 5.64. The van der Waals surface area contributed by atoms with Crippen LogP contribution in [0.5, 0.6) is 0 Å². The normalized spacial score (nSPS) is 6.75. The fourth-order valence-corrected chi connectivity index (χ4v) is 0.313. The van der Waals surface area contributed by atoms with Crippen molar-refractivity contribution < 1.29 is 0 Å². The molecule has 1 aromatic heterocycles. The molecule has 1 unspecified atom stereocenters. The lowest BCUT2D eigenvalue weighted by Crippen LogP contribution is -1.58. The lowest BCUT2D eigenvalue weighted by Gasteiger charge is -1.70. The highest BCUT2D eigenvalue weighted by molar-refractivity contribution is 7.13. The van der Waals surface area contributed by atoms with Crippen molar-refractivity contribution in [2.75, 3.05) is 0 Å². The predicted octanol–water partition coefficient (Wildman–Crippen LogP) is 0.817. The van der Waals surface area contributed by atoms with E-state index in [4.69, 9.17) is 0 Å². The summed E-state index contributed by atoms with van der Waals surface area (Å²) < 4.78 is 0. The number of nitrogens with zero attached hydrogens (tertiary/aromatic N) is 1. The number of pyridine rings is 1. The van der Waals surface area contributed by atoms with Crippen LogP contribution < -0.4 is 5.50 Å². The molecule has 0 spiro atoms. The fourth-order valence-electron chi connectivity index (χ4n) is 0.313. The molecule has 0 radical (unpaired) electrons. The van der Waals surface area contributed by atoms with E-state index in [0.717, 1.165) is 0 Å². The van der Waals surface area contributed by atoms with E-state index in [1.54, 1.807) is 12.4 Å². The predicted molar refractivity (Wildman–Crippen MR) is 38.1 cm³/mol. The van der Waals surface area contributed by atoms with Gasteiger partial charge in [0.25, 0.3) is 0 Å². The van der Waals surface area contributed by atoms with Crippen molar-refractivity contribution in [3.8, 4) is 0 Å². The average molecular weight is 128 g/mol. The number of hydrogen-bond acceptors (Lipinski definition) is 2. The van der Waals surface area contributed by atoms with Gasteiger partial charge in [-0.25, -0.2) is 0 Å². The molecule has 2 N–H and O–H groups in total. The van der Waals surface area contributed by atoms with E-state index >= 15 is 0 Å². The minimum Gasteiger partial charge on any atom is -0.314 e. The highest BCUT2D eigenvalue weighted by Gasteiger charge is 1.58. The minimum absolute atomic E-state index is 1.75. The van der Waals surface area contributed by atoms with Gasteiger partial charge in [0, 0.05) is 12.4 Å². The van der Waals surface area contributed by atoms with Gasteiger partial charge in [0.2, 0.25) is 0 Å². The topological polar surface area (TPSA) is 38.9 Å². The first-order valence-corrected chi connectivity index (χ1v) is 2.85. The van der Waals surface area contributed by atoms with Crippen LogP contribution in [0.25, 0.3) is 0 Å². The summed E-state index contributed by atoms with van der Waals surface area (Å²) in [6.07, 6.45) is 3.50. The van der Waals surface area contributed by atoms with Gasteiger partial charge >= 0.3 is 0 Å². The summed E-state index contributed by atoms with van der Waals surface area (Å²) >= 11 is 0. The van der Waals surface area contributed by atoms with Gasteiger partial charge in [0.1, 0.15) is 0 Å². The first-order valence-electron chi connectivity index (χ1n) is 2.18. The molecule has 0 aliphatic heterocycles. The van der Waals surface area contributed by atoms with E-state index in [1.807, 2.05) is 27.6 Å². The van der Waals surface area contributed by atoms with Gasteiger partial charge in [-0.2, -0.15) is 0 Å². The van der Waals surface area contributed by atoms with Crippen LogP contribution >= 0.6 is 9.39 Å². The van der Waals surface area contributed by atoms with Crippen LogP contribution in [0.1, 0.15) is 0 Å². The molecule has 2 nitrogen and oxygen atoms in total. The lowest BCUT2D eigenvalue weighted by molar-refractivity contribution is 1.33. The third kappa shape index (κ3) is 3.72. The molecule has 0 bridgehead atoms. The van der Waals surface area contributed by atoms with Crippen LogP contribution in [0.15, 0.2) is 30.6 Å². The Morgan fingerprint density at radius 1 is 1.00 bits per heavy atom. The summed E-state index contributed by atoms with van der Waals surface area (Å²) in [4.78, 5) is 3.78. The van der Waals surface area contributed by atoms with E-state index in [9.17, 15) is 0 Å². The van der Waals surface area contributed by atoms with Gasteiger partial charge < -0.3 is 5.50 Å². The van der Waals surface area contributed by atoms with Gasteiger partial charge in [0.15, 0.2) is 0 Å². The number of aromatic nitrogens is 1. The number of nitrogens with two attached hydrogens (primary N) is 1. The Bertz CT molecular complexity index is 82.4. The zero-order chi connectivity index (χ0) is 6.24. The Morgan fingerprint density at radius 2 is 1.50 bits per heavy atom. The molecule has 0 aliphatic rings. The highest BCUT2D eigenvalue weighted by Crippen LogP contribution is 1.73. The van der Waals surface area contributed by atoms with Crippen LogP contribution in [0.2, 0.25) is 0 Å². The third-order valence-electron chi connectivity index (χ3n) is 0.566. The second-order valence-electron chi connectivity index (χ2n) is 1.02. The quantitative estimate of drug-likeness (QED) is 0.525. The molecular weight excluding hydrogens is 119 g/mol. The van der Waals surface area contributed by atoms with E-state index in [0.29, 0.717) is 0 Å². The lowest BCUT2D eigenvalue weighted by atomic mass is 10.5. The highest BCUT2D eigenvalue weighted by atomic mass is 31.0. The minimum atomic E-state index is 1.75. The third-order valence-corrected chi connectivity index (χ3v) is 0.566. The van der Waals surface area contributed by atoms with Gasteiger partial charge in [0.05, 0.1) is 0 Å².